The van der Waals surface area contributed by atoms with Gasteiger partial charge in [0.15, 0.2) is 5.75 Å². The standard InChI is InChI=1S/C19H21N3O4/c1-12-5-6-15(13(2)9-12)11-19(23)21-20-14(3)16-7-8-18(26-4)17(10-16)22(24)25/h5-10H,11H2,1-4H3,(H,21,23)/b20-14-. The lowest BCUT2D eigenvalue weighted by Gasteiger charge is -2.07. The lowest BCUT2D eigenvalue weighted by molar-refractivity contribution is -0.385. The van der Waals surface area contributed by atoms with Crippen molar-refractivity contribution in [3.8, 4) is 5.75 Å². The van der Waals surface area contributed by atoms with Crippen LogP contribution in [0.25, 0.3) is 0 Å². The fraction of sp³-hybridized carbons (Fsp3) is 0.263. The number of hydrogen-bond acceptors (Lipinski definition) is 5. The van der Waals surface area contributed by atoms with Crippen LogP contribution in [0.3, 0.4) is 0 Å². The highest BCUT2D eigenvalue weighted by atomic mass is 16.6. The number of nitrogens with zero attached hydrogens (tertiary/aromatic N) is 2. The Kier molecular flexibility index (Phi) is 6.06. The topological polar surface area (TPSA) is 93.8 Å². The number of hydrazone groups is 1. The van der Waals surface area contributed by atoms with Crippen molar-refractivity contribution in [2.24, 2.45) is 5.10 Å². The van der Waals surface area contributed by atoms with E-state index in [1.807, 2.05) is 32.0 Å². The lowest BCUT2D eigenvalue weighted by Crippen LogP contribution is -2.21. The Hall–Kier alpha value is -3.22. The third-order valence-corrected chi connectivity index (χ3v) is 3.99. The Bertz CT molecular complexity index is 875. The van der Waals surface area contributed by atoms with Crippen LogP contribution in [0.4, 0.5) is 5.69 Å². The maximum atomic E-state index is 12.1. The summed E-state index contributed by atoms with van der Waals surface area (Å²) < 4.78 is 4.97. The van der Waals surface area contributed by atoms with Gasteiger partial charge >= 0.3 is 5.69 Å². The normalized spacial score (nSPS) is 11.2. The molecule has 0 aromatic heterocycles. The number of carbonyl (C=O) groups excluding carboxylic acids is 1. The molecule has 2 rings (SSSR count). The number of aryl methyl sites for hydroxylation is 2. The summed E-state index contributed by atoms with van der Waals surface area (Å²) in [6, 6.07) is 10.4. The SMILES string of the molecule is COc1ccc(/C(C)=N\NC(=O)Cc2ccc(C)cc2C)cc1[N+](=O)[O-]. The first-order valence-electron chi connectivity index (χ1n) is 8.04. The Balaban J connectivity index is 2.11. The van der Waals surface area contributed by atoms with Gasteiger partial charge in [0.25, 0.3) is 0 Å². The highest BCUT2D eigenvalue weighted by molar-refractivity contribution is 6.00. The molecule has 7 nitrogen and oxygen atoms in total. The van der Waals surface area contributed by atoms with E-state index in [-0.39, 0.29) is 23.8 Å². The van der Waals surface area contributed by atoms with E-state index >= 15 is 0 Å². The molecule has 0 aliphatic rings. The molecule has 0 atom stereocenters. The summed E-state index contributed by atoms with van der Waals surface area (Å²) in [5.74, 6) is -0.0789. The van der Waals surface area contributed by atoms with E-state index in [0.29, 0.717) is 11.3 Å². The highest BCUT2D eigenvalue weighted by Gasteiger charge is 2.16. The van der Waals surface area contributed by atoms with Gasteiger partial charge in [-0.2, -0.15) is 5.10 Å². The van der Waals surface area contributed by atoms with Gasteiger partial charge in [-0.05, 0) is 44.0 Å². The summed E-state index contributed by atoms with van der Waals surface area (Å²) in [6.07, 6.45) is 0.214. The van der Waals surface area contributed by atoms with Crippen LogP contribution in [0.15, 0.2) is 41.5 Å². The van der Waals surface area contributed by atoms with Crippen molar-refractivity contribution in [1.82, 2.24) is 5.43 Å². The Morgan fingerprint density at radius 3 is 2.58 bits per heavy atom. The number of rotatable bonds is 6. The molecule has 1 amide bonds. The molecule has 0 radical (unpaired) electrons. The van der Waals surface area contributed by atoms with E-state index in [2.05, 4.69) is 10.5 Å². The molecule has 0 unspecified atom stereocenters. The number of carbonyl (C=O) groups is 1. The Morgan fingerprint density at radius 1 is 1.23 bits per heavy atom. The van der Waals surface area contributed by atoms with Crippen LogP contribution in [-0.4, -0.2) is 23.7 Å². The Morgan fingerprint density at radius 2 is 1.96 bits per heavy atom. The fourth-order valence-electron chi connectivity index (χ4n) is 2.53. The van der Waals surface area contributed by atoms with Gasteiger partial charge in [-0.15, -0.1) is 0 Å². The molecular weight excluding hydrogens is 334 g/mol. The second kappa shape index (κ2) is 8.24. The number of nitrogens with one attached hydrogen (secondary N) is 1. The van der Waals surface area contributed by atoms with Gasteiger partial charge in [0.2, 0.25) is 5.91 Å². The van der Waals surface area contributed by atoms with Crippen molar-refractivity contribution < 1.29 is 14.5 Å². The summed E-state index contributed by atoms with van der Waals surface area (Å²) in [5, 5.41) is 15.1. The van der Waals surface area contributed by atoms with E-state index < -0.39 is 4.92 Å². The maximum Gasteiger partial charge on any atom is 0.311 e. The number of ether oxygens (including phenoxy) is 1. The maximum absolute atomic E-state index is 12.1. The smallest absolute Gasteiger partial charge is 0.311 e. The monoisotopic (exact) mass is 355 g/mol. The molecule has 0 saturated carbocycles. The molecule has 0 heterocycles. The minimum Gasteiger partial charge on any atom is -0.490 e. The van der Waals surface area contributed by atoms with Crippen molar-refractivity contribution in [2.45, 2.75) is 27.2 Å². The quantitative estimate of drug-likeness (QED) is 0.489. The molecule has 26 heavy (non-hydrogen) atoms. The predicted molar refractivity (Wildman–Crippen MR) is 99.6 cm³/mol. The van der Waals surface area contributed by atoms with Crippen LogP contribution < -0.4 is 10.2 Å². The molecule has 0 aliphatic carbocycles. The van der Waals surface area contributed by atoms with Crippen molar-refractivity contribution in [1.29, 1.82) is 0 Å². The van der Waals surface area contributed by atoms with Gasteiger partial charge in [0, 0.05) is 11.6 Å². The van der Waals surface area contributed by atoms with E-state index in [1.165, 1.54) is 19.2 Å². The predicted octanol–water partition coefficient (Wildman–Crippen LogP) is 3.30. The molecule has 0 spiro atoms. The van der Waals surface area contributed by atoms with Gasteiger partial charge < -0.3 is 4.74 Å². The average molecular weight is 355 g/mol. The molecule has 0 bridgehead atoms. The third kappa shape index (κ3) is 4.66. The van der Waals surface area contributed by atoms with Crippen LogP contribution in [0.5, 0.6) is 5.75 Å². The highest BCUT2D eigenvalue weighted by Crippen LogP contribution is 2.27. The zero-order chi connectivity index (χ0) is 19.3. The second-order valence-electron chi connectivity index (χ2n) is 5.98. The first-order chi connectivity index (χ1) is 12.3. The summed E-state index contributed by atoms with van der Waals surface area (Å²) >= 11 is 0. The van der Waals surface area contributed by atoms with Crippen LogP contribution in [0.1, 0.15) is 29.2 Å². The zero-order valence-electron chi connectivity index (χ0n) is 15.2. The summed E-state index contributed by atoms with van der Waals surface area (Å²) in [4.78, 5) is 22.7. The molecular formula is C19H21N3O4. The van der Waals surface area contributed by atoms with Crippen LogP contribution in [0, 0.1) is 24.0 Å². The van der Waals surface area contributed by atoms with Gasteiger partial charge in [0.05, 0.1) is 24.2 Å². The largest absolute Gasteiger partial charge is 0.490 e. The molecule has 2 aromatic rings. The molecule has 0 aliphatic heterocycles. The third-order valence-electron chi connectivity index (χ3n) is 3.99. The van der Waals surface area contributed by atoms with E-state index in [0.717, 1.165) is 16.7 Å². The minimum absolute atomic E-state index is 0.152. The molecule has 0 fully saturated rings. The molecule has 2 aromatic carbocycles. The molecule has 1 N–H and O–H groups in total. The van der Waals surface area contributed by atoms with E-state index in [9.17, 15) is 14.9 Å². The van der Waals surface area contributed by atoms with Crippen molar-refractivity contribution in [2.75, 3.05) is 7.11 Å². The first-order valence-corrected chi connectivity index (χ1v) is 8.04. The van der Waals surface area contributed by atoms with Gasteiger partial charge in [-0.25, -0.2) is 5.43 Å². The van der Waals surface area contributed by atoms with Crippen LogP contribution >= 0.6 is 0 Å². The number of amides is 1. The minimum atomic E-state index is -0.519. The van der Waals surface area contributed by atoms with Crippen molar-refractivity contribution in [3.05, 3.63) is 68.8 Å². The summed E-state index contributed by atoms with van der Waals surface area (Å²) in [6.45, 7) is 5.63. The summed E-state index contributed by atoms with van der Waals surface area (Å²) in [7, 11) is 1.37. The molecule has 7 heteroatoms. The fourth-order valence-corrected chi connectivity index (χ4v) is 2.53. The number of benzene rings is 2. The number of hydrogen-bond donors (Lipinski definition) is 1. The van der Waals surface area contributed by atoms with Gasteiger partial charge in [-0.1, -0.05) is 23.8 Å². The Labute approximate surface area is 151 Å². The number of nitro groups is 1. The lowest BCUT2D eigenvalue weighted by atomic mass is 10.0. The van der Waals surface area contributed by atoms with Gasteiger partial charge in [0.1, 0.15) is 0 Å². The number of methoxy groups -OCH3 is 1. The van der Waals surface area contributed by atoms with E-state index in [4.69, 9.17) is 4.74 Å². The van der Waals surface area contributed by atoms with Crippen molar-refractivity contribution >= 4 is 17.3 Å². The van der Waals surface area contributed by atoms with Crippen molar-refractivity contribution in [3.63, 3.8) is 0 Å². The van der Waals surface area contributed by atoms with Crippen LogP contribution in [0.2, 0.25) is 0 Å². The van der Waals surface area contributed by atoms with Gasteiger partial charge in [-0.3, -0.25) is 14.9 Å². The first kappa shape index (κ1) is 19.1. The molecule has 0 saturated heterocycles. The zero-order valence-corrected chi connectivity index (χ0v) is 15.2. The summed E-state index contributed by atoms with van der Waals surface area (Å²) in [5.41, 5.74) is 6.46. The van der Waals surface area contributed by atoms with E-state index in [1.54, 1.807) is 13.0 Å². The average Bonchev–Trinajstić information content (AvgIpc) is 2.61. The second-order valence-corrected chi connectivity index (χ2v) is 5.98. The molecule has 136 valence electrons. The number of nitro benzene ring substituents is 1. The van der Waals surface area contributed by atoms with Crippen LogP contribution in [-0.2, 0) is 11.2 Å².